The molecule has 3 aromatic rings. The lowest BCUT2D eigenvalue weighted by molar-refractivity contribution is 0.0745. The van der Waals surface area contributed by atoms with Crippen LogP contribution in [0.25, 0.3) is 11.0 Å². The SMILES string of the molecule is Cc1cc(C(=O)N2CCN(c3ncnc4[nH]ccc34)CC3(CC3)C2)sn1. The average Bonchev–Trinajstić information content (AvgIpc) is 3.06. The summed E-state index contributed by atoms with van der Waals surface area (Å²) in [6.45, 7) is 5.17. The number of aromatic nitrogens is 4. The topological polar surface area (TPSA) is 78.0 Å². The Kier molecular flexibility index (Phi) is 3.49. The molecule has 5 rings (SSSR count). The highest BCUT2D eigenvalue weighted by Crippen LogP contribution is 2.48. The minimum absolute atomic E-state index is 0.109. The lowest BCUT2D eigenvalue weighted by Gasteiger charge is -2.25. The van der Waals surface area contributed by atoms with Gasteiger partial charge >= 0.3 is 0 Å². The van der Waals surface area contributed by atoms with Crippen LogP contribution in [0, 0.1) is 12.3 Å². The molecule has 1 saturated heterocycles. The number of carbonyl (C=O) groups is 1. The van der Waals surface area contributed by atoms with Crippen LogP contribution in [-0.4, -0.2) is 56.3 Å². The molecule has 1 spiro atoms. The van der Waals surface area contributed by atoms with Gasteiger partial charge in [-0.3, -0.25) is 4.79 Å². The van der Waals surface area contributed by atoms with E-state index in [4.69, 9.17) is 0 Å². The van der Waals surface area contributed by atoms with Gasteiger partial charge in [-0.1, -0.05) is 0 Å². The number of aryl methyl sites for hydroxylation is 1. The van der Waals surface area contributed by atoms with Crippen LogP contribution in [0.1, 0.15) is 28.2 Å². The molecule has 8 heteroatoms. The summed E-state index contributed by atoms with van der Waals surface area (Å²) in [5.41, 5.74) is 1.96. The second-order valence-corrected chi connectivity index (χ2v) is 8.22. The molecule has 1 saturated carbocycles. The van der Waals surface area contributed by atoms with E-state index in [0.717, 1.165) is 59.9 Å². The van der Waals surface area contributed by atoms with Crippen molar-refractivity contribution in [3.8, 4) is 0 Å². The molecule has 0 unspecified atom stereocenters. The van der Waals surface area contributed by atoms with Gasteiger partial charge in [0.05, 0.1) is 11.1 Å². The Morgan fingerprint density at radius 1 is 1.27 bits per heavy atom. The fourth-order valence-electron chi connectivity index (χ4n) is 3.84. The van der Waals surface area contributed by atoms with Crippen molar-refractivity contribution in [2.24, 2.45) is 5.41 Å². The quantitative estimate of drug-likeness (QED) is 0.752. The summed E-state index contributed by atoms with van der Waals surface area (Å²) in [5.74, 6) is 1.07. The zero-order valence-electron chi connectivity index (χ0n) is 14.6. The Morgan fingerprint density at radius 2 is 2.15 bits per heavy atom. The first kappa shape index (κ1) is 15.7. The van der Waals surface area contributed by atoms with Crippen LogP contribution in [0.2, 0.25) is 0 Å². The summed E-state index contributed by atoms with van der Waals surface area (Å²) in [4.78, 5) is 30.0. The molecule has 2 aliphatic rings. The van der Waals surface area contributed by atoms with Gasteiger partial charge in [0.2, 0.25) is 0 Å². The van der Waals surface area contributed by atoms with Crippen molar-refractivity contribution in [2.75, 3.05) is 31.1 Å². The number of amides is 1. The minimum Gasteiger partial charge on any atom is -0.354 e. The van der Waals surface area contributed by atoms with Gasteiger partial charge in [0.1, 0.15) is 22.7 Å². The number of rotatable bonds is 2. The van der Waals surface area contributed by atoms with Crippen LogP contribution in [-0.2, 0) is 0 Å². The van der Waals surface area contributed by atoms with Gasteiger partial charge in [0.15, 0.2) is 0 Å². The summed E-state index contributed by atoms with van der Waals surface area (Å²) >= 11 is 1.30. The molecule has 1 amide bonds. The monoisotopic (exact) mass is 368 g/mol. The zero-order valence-corrected chi connectivity index (χ0v) is 15.4. The molecule has 7 nitrogen and oxygen atoms in total. The van der Waals surface area contributed by atoms with Gasteiger partial charge in [0.25, 0.3) is 5.91 Å². The number of H-pyrrole nitrogens is 1. The van der Waals surface area contributed by atoms with Gasteiger partial charge in [-0.25, -0.2) is 9.97 Å². The Bertz CT molecular complexity index is 975. The highest BCUT2D eigenvalue weighted by Gasteiger charge is 2.48. The predicted octanol–water partition coefficient (Wildman–Crippen LogP) is 2.47. The smallest absolute Gasteiger partial charge is 0.265 e. The molecule has 0 aromatic carbocycles. The third kappa shape index (κ3) is 2.65. The van der Waals surface area contributed by atoms with Gasteiger partial charge in [-0.05, 0) is 43.4 Å². The predicted molar refractivity (Wildman–Crippen MR) is 101 cm³/mol. The van der Waals surface area contributed by atoms with E-state index in [1.807, 2.05) is 30.2 Å². The van der Waals surface area contributed by atoms with Crippen LogP contribution in [0.4, 0.5) is 5.82 Å². The number of hydrogen-bond acceptors (Lipinski definition) is 6. The molecule has 1 N–H and O–H groups in total. The Morgan fingerprint density at radius 3 is 2.92 bits per heavy atom. The summed E-state index contributed by atoms with van der Waals surface area (Å²) in [6.07, 6.45) is 5.84. The third-order valence-corrected chi connectivity index (χ3v) is 6.28. The van der Waals surface area contributed by atoms with E-state index in [1.165, 1.54) is 11.5 Å². The number of hydrogen-bond donors (Lipinski definition) is 1. The first-order valence-corrected chi connectivity index (χ1v) is 9.67. The fourth-order valence-corrected chi connectivity index (χ4v) is 4.56. The van der Waals surface area contributed by atoms with Crippen molar-refractivity contribution >= 4 is 34.3 Å². The van der Waals surface area contributed by atoms with Crippen molar-refractivity contribution < 1.29 is 4.79 Å². The minimum atomic E-state index is 0.109. The van der Waals surface area contributed by atoms with Crippen LogP contribution >= 0.6 is 11.5 Å². The van der Waals surface area contributed by atoms with E-state index in [9.17, 15) is 4.79 Å². The van der Waals surface area contributed by atoms with E-state index in [-0.39, 0.29) is 11.3 Å². The van der Waals surface area contributed by atoms with Crippen LogP contribution < -0.4 is 4.90 Å². The standard InChI is InChI=1S/C18H20N6OS/c1-12-8-14(26-22-12)17(25)24-7-6-23(9-18(10-24)3-4-18)16-13-2-5-19-15(13)20-11-21-16/h2,5,8,11H,3-4,6-7,9-10H2,1H3,(H,19,20,21). The third-order valence-electron chi connectivity index (χ3n) is 5.41. The Labute approximate surface area is 155 Å². The number of aromatic amines is 1. The van der Waals surface area contributed by atoms with Crippen LogP contribution in [0.15, 0.2) is 24.7 Å². The molecular weight excluding hydrogens is 348 g/mol. The zero-order chi connectivity index (χ0) is 17.7. The molecule has 2 fully saturated rings. The first-order valence-electron chi connectivity index (χ1n) is 8.89. The largest absolute Gasteiger partial charge is 0.354 e. The Balaban J connectivity index is 1.44. The molecular formula is C18H20N6OS. The lowest BCUT2D eigenvalue weighted by atomic mass is 10.1. The summed E-state index contributed by atoms with van der Waals surface area (Å²) in [6, 6.07) is 3.92. The van der Waals surface area contributed by atoms with Crippen LogP contribution in [0.3, 0.4) is 0 Å². The molecule has 1 aliphatic heterocycles. The Hall–Kier alpha value is -2.48. The van der Waals surface area contributed by atoms with Crippen molar-refractivity contribution in [3.63, 3.8) is 0 Å². The fraction of sp³-hybridized carbons (Fsp3) is 0.444. The number of carbonyl (C=O) groups excluding carboxylic acids is 1. The van der Waals surface area contributed by atoms with E-state index in [1.54, 1.807) is 6.33 Å². The van der Waals surface area contributed by atoms with Gasteiger partial charge in [-0.15, -0.1) is 0 Å². The van der Waals surface area contributed by atoms with Crippen molar-refractivity contribution in [1.29, 1.82) is 0 Å². The number of anilines is 1. The average molecular weight is 368 g/mol. The molecule has 0 atom stereocenters. The maximum absolute atomic E-state index is 12.9. The number of nitrogens with one attached hydrogen (secondary N) is 1. The molecule has 3 aromatic heterocycles. The highest BCUT2D eigenvalue weighted by molar-refractivity contribution is 7.08. The van der Waals surface area contributed by atoms with E-state index in [0.29, 0.717) is 6.54 Å². The first-order chi connectivity index (χ1) is 12.6. The molecule has 1 aliphatic carbocycles. The summed E-state index contributed by atoms with van der Waals surface area (Å²) < 4.78 is 4.26. The lowest BCUT2D eigenvalue weighted by Crippen LogP contribution is -2.36. The van der Waals surface area contributed by atoms with Crippen molar-refractivity contribution in [2.45, 2.75) is 19.8 Å². The molecule has 134 valence electrons. The van der Waals surface area contributed by atoms with Gasteiger partial charge in [0, 0.05) is 37.8 Å². The van der Waals surface area contributed by atoms with Gasteiger partial charge in [-0.2, -0.15) is 4.37 Å². The molecule has 26 heavy (non-hydrogen) atoms. The van der Waals surface area contributed by atoms with Gasteiger partial charge < -0.3 is 14.8 Å². The number of fused-ring (bicyclic) bond motifs is 1. The number of nitrogens with zero attached hydrogens (tertiary/aromatic N) is 5. The second kappa shape index (κ2) is 5.77. The molecule has 0 radical (unpaired) electrons. The van der Waals surface area contributed by atoms with Crippen molar-refractivity contribution in [3.05, 3.63) is 35.2 Å². The van der Waals surface area contributed by atoms with E-state index in [2.05, 4.69) is 24.2 Å². The molecule has 4 heterocycles. The summed E-state index contributed by atoms with van der Waals surface area (Å²) in [7, 11) is 0. The maximum Gasteiger partial charge on any atom is 0.265 e. The summed E-state index contributed by atoms with van der Waals surface area (Å²) in [5, 5.41) is 1.04. The van der Waals surface area contributed by atoms with Crippen LogP contribution in [0.5, 0.6) is 0 Å². The maximum atomic E-state index is 12.9. The van der Waals surface area contributed by atoms with E-state index >= 15 is 0 Å². The normalized spacial score (nSPS) is 19.1. The van der Waals surface area contributed by atoms with E-state index < -0.39 is 0 Å². The van der Waals surface area contributed by atoms with Crippen molar-refractivity contribution in [1.82, 2.24) is 24.2 Å². The highest BCUT2D eigenvalue weighted by atomic mass is 32.1. The molecule has 0 bridgehead atoms. The second-order valence-electron chi connectivity index (χ2n) is 7.42.